The van der Waals surface area contributed by atoms with Gasteiger partial charge in [0.2, 0.25) is 0 Å². The third-order valence-corrected chi connectivity index (χ3v) is 11.9. The summed E-state index contributed by atoms with van der Waals surface area (Å²) in [7, 11) is 0. The number of nitrogens with zero attached hydrogens (tertiary/aromatic N) is 1. The summed E-state index contributed by atoms with van der Waals surface area (Å²) in [5.74, 6) is 0. The molecule has 0 fully saturated rings. The zero-order valence-electron chi connectivity index (χ0n) is 32.0. The molecule has 0 bridgehead atoms. The van der Waals surface area contributed by atoms with Crippen molar-refractivity contribution in [3.05, 3.63) is 212 Å². The predicted molar refractivity (Wildman–Crippen MR) is 247 cm³/mol. The van der Waals surface area contributed by atoms with Crippen LogP contribution >= 0.6 is 0 Å². The first kappa shape index (κ1) is 33.3. The summed E-state index contributed by atoms with van der Waals surface area (Å²) in [6, 6.07) is 75.7. The number of furan rings is 2. The van der Waals surface area contributed by atoms with Gasteiger partial charge in [-0.05, 0) is 105 Å². The van der Waals surface area contributed by atoms with E-state index in [9.17, 15) is 0 Å². The SMILES string of the molecule is c1ccc2cc(-c3ccc(N(c4ccc(-c5cccc6c5oc5ccccc56)cc4)c4ccc(-c5cccc6oc7c8ccccc8ccc7c56)cc4)cc3)ccc2c1. The van der Waals surface area contributed by atoms with Crippen molar-refractivity contribution >= 4 is 82.5 Å². The molecule has 2 heterocycles. The minimum Gasteiger partial charge on any atom is -0.455 e. The molecule has 10 aromatic carbocycles. The van der Waals surface area contributed by atoms with Crippen molar-refractivity contribution < 1.29 is 8.83 Å². The Labute approximate surface area is 340 Å². The van der Waals surface area contributed by atoms with E-state index in [1.807, 2.05) is 12.1 Å². The molecule has 0 atom stereocenters. The van der Waals surface area contributed by atoms with Gasteiger partial charge in [-0.25, -0.2) is 0 Å². The zero-order valence-corrected chi connectivity index (χ0v) is 32.0. The molecular weight excluding hydrogens is 719 g/mol. The summed E-state index contributed by atoms with van der Waals surface area (Å²) in [5, 5.41) is 9.31. The third-order valence-electron chi connectivity index (χ3n) is 11.9. The van der Waals surface area contributed by atoms with Crippen LogP contribution in [0.5, 0.6) is 0 Å². The van der Waals surface area contributed by atoms with E-state index in [2.05, 4.69) is 205 Å². The minimum atomic E-state index is 0.893. The van der Waals surface area contributed by atoms with Gasteiger partial charge in [0.05, 0.1) is 0 Å². The van der Waals surface area contributed by atoms with E-state index >= 15 is 0 Å². The molecule has 0 spiro atoms. The Kier molecular flexibility index (Phi) is 7.54. The number of hydrogen-bond acceptors (Lipinski definition) is 3. The van der Waals surface area contributed by atoms with E-state index in [1.165, 1.54) is 27.3 Å². The fraction of sp³-hybridized carbons (Fsp3) is 0. The fourth-order valence-electron chi connectivity index (χ4n) is 8.97. The van der Waals surface area contributed by atoms with Crippen LogP contribution in [-0.4, -0.2) is 0 Å². The predicted octanol–water partition coefficient (Wildman–Crippen LogP) is 16.3. The lowest BCUT2D eigenvalue weighted by Crippen LogP contribution is -2.09. The van der Waals surface area contributed by atoms with Gasteiger partial charge in [0.15, 0.2) is 0 Å². The fourth-order valence-corrected chi connectivity index (χ4v) is 8.97. The molecule has 3 nitrogen and oxygen atoms in total. The second-order valence-corrected chi connectivity index (χ2v) is 15.3. The van der Waals surface area contributed by atoms with Crippen LogP contribution in [0, 0.1) is 0 Å². The Hall–Kier alpha value is -7.88. The molecule has 59 heavy (non-hydrogen) atoms. The Morgan fingerprint density at radius 2 is 0.814 bits per heavy atom. The number of para-hydroxylation sites is 2. The molecule has 0 unspecified atom stereocenters. The van der Waals surface area contributed by atoms with Gasteiger partial charge in [0, 0.05) is 49.6 Å². The highest BCUT2D eigenvalue weighted by Gasteiger charge is 2.18. The molecule has 0 aliphatic heterocycles. The molecule has 0 saturated carbocycles. The summed E-state index contributed by atoms with van der Waals surface area (Å²) in [6.07, 6.45) is 0. The van der Waals surface area contributed by atoms with Crippen molar-refractivity contribution in [3.63, 3.8) is 0 Å². The van der Waals surface area contributed by atoms with Gasteiger partial charge in [0.1, 0.15) is 22.3 Å². The van der Waals surface area contributed by atoms with Gasteiger partial charge >= 0.3 is 0 Å². The summed E-state index contributed by atoms with van der Waals surface area (Å²) in [6.45, 7) is 0. The van der Waals surface area contributed by atoms with Crippen molar-refractivity contribution in [3.8, 4) is 33.4 Å². The van der Waals surface area contributed by atoms with Crippen LogP contribution in [0.15, 0.2) is 221 Å². The van der Waals surface area contributed by atoms with Gasteiger partial charge in [-0.3, -0.25) is 0 Å². The molecule has 12 rings (SSSR count). The van der Waals surface area contributed by atoms with Gasteiger partial charge in [-0.2, -0.15) is 0 Å². The van der Waals surface area contributed by atoms with Crippen LogP contribution in [0.1, 0.15) is 0 Å². The Balaban J connectivity index is 0.954. The standard InChI is InChI=1S/C56H35NO2/c1-2-11-41-35-42(20-19-36(41)9-1)37-21-28-43(29-22-37)57(45-32-25-40(26-33-45)48-15-7-16-50-49-13-5-6-17-52(49)58-55(48)50)44-30-23-39(24-31-44)46-14-8-18-53-54(46)51-34-27-38-10-3-4-12-47(38)56(51)59-53/h1-35H. The minimum absolute atomic E-state index is 0.893. The molecule has 0 amide bonds. The summed E-state index contributed by atoms with van der Waals surface area (Å²) < 4.78 is 13.0. The van der Waals surface area contributed by atoms with Crippen molar-refractivity contribution in [1.82, 2.24) is 0 Å². The lowest BCUT2D eigenvalue weighted by Gasteiger charge is -2.26. The first-order chi connectivity index (χ1) is 29.2. The average molecular weight is 754 g/mol. The Morgan fingerprint density at radius 3 is 1.58 bits per heavy atom. The second kappa shape index (κ2) is 13.4. The quantitative estimate of drug-likeness (QED) is 0.169. The van der Waals surface area contributed by atoms with E-state index in [0.717, 1.165) is 88.6 Å². The van der Waals surface area contributed by atoms with E-state index in [1.54, 1.807) is 0 Å². The molecule has 0 aliphatic rings. The molecule has 0 radical (unpaired) electrons. The highest BCUT2D eigenvalue weighted by atomic mass is 16.3. The molecule has 3 heteroatoms. The maximum absolute atomic E-state index is 6.53. The van der Waals surface area contributed by atoms with Crippen LogP contribution in [0.2, 0.25) is 0 Å². The van der Waals surface area contributed by atoms with Gasteiger partial charge in [-0.1, -0.05) is 152 Å². The maximum Gasteiger partial charge on any atom is 0.143 e. The van der Waals surface area contributed by atoms with Gasteiger partial charge in [-0.15, -0.1) is 0 Å². The first-order valence-corrected chi connectivity index (χ1v) is 20.1. The Bertz CT molecular complexity index is 3540. The average Bonchev–Trinajstić information content (AvgIpc) is 3.89. The second-order valence-electron chi connectivity index (χ2n) is 15.3. The number of rotatable bonds is 6. The van der Waals surface area contributed by atoms with E-state index in [-0.39, 0.29) is 0 Å². The van der Waals surface area contributed by atoms with E-state index in [4.69, 9.17) is 8.83 Å². The van der Waals surface area contributed by atoms with Crippen molar-refractivity contribution in [2.24, 2.45) is 0 Å². The largest absolute Gasteiger partial charge is 0.455 e. The molecule has 0 saturated heterocycles. The van der Waals surface area contributed by atoms with Crippen LogP contribution < -0.4 is 4.90 Å². The highest BCUT2D eigenvalue weighted by Crippen LogP contribution is 2.43. The normalized spacial score (nSPS) is 11.7. The molecule has 12 aromatic rings. The molecule has 0 aliphatic carbocycles. The topological polar surface area (TPSA) is 29.5 Å². The monoisotopic (exact) mass is 753 g/mol. The van der Waals surface area contributed by atoms with Crippen LogP contribution in [0.25, 0.3) is 98.8 Å². The highest BCUT2D eigenvalue weighted by molar-refractivity contribution is 6.19. The van der Waals surface area contributed by atoms with Crippen molar-refractivity contribution in [2.75, 3.05) is 4.90 Å². The molecule has 2 aromatic heterocycles. The number of fused-ring (bicyclic) bond motifs is 9. The van der Waals surface area contributed by atoms with E-state index in [0.29, 0.717) is 0 Å². The lowest BCUT2D eigenvalue weighted by molar-refractivity contribution is 0.670. The molecule has 276 valence electrons. The number of benzene rings is 10. The number of anilines is 3. The summed E-state index contributed by atoms with van der Waals surface area (Å²) in [5.41, 5.74) is 13.7. The van der Waals surface area contributed by atoms with Gasteiger partial charge in [0.25, 0.3) is 0 Å². The first-order valence-electron chi connectivity index (χ1n) is 20.1. The zero-order chi connectivity index (χ0) is 38.9. The van der Waals surface area contributed by atoms with Crippen LogP contribution in [0.4, 0.5) is 17.1 Å². The molecule has 0 N–H and O–H groups in total. The summed E-state index contributed by atoms with van der Waals surface area (Å²) >= 11 is 0. The van der Waals surface area contributed by atoms with E-state index < -0.39 is 0 Å². The smallest absolute Gasteiger partial charge is 0.143 e. The van der Waals surface area contributed by atoms with Crippen LogP contribution in [-0.2, 0) is 0 Å². The maximum atomic E-state index is 6.53. The van der Waals surface area contributed by atoms with Crippen LogP contribution in [0.3, 0.4) is 0 Å². The van der Waals surface area contributed by atoms with Gasteiger partial charge < -0.3 is 13.7 Å². The number of hydrogen-bond donors (Lipinski definition) is 0. The molecular formula is C56H35NO2. The third kappa shape index (κ3) is 5.51. The Morgan fingerprint density at radius 1 is 0.288 bits per heavy atom. The lowest BCUT2D eigenvalue weighted by atomic mass is 9.97. The van der Waals surface area contributed by atoms with Crippen molar-refractivity contribution in [2.45, 2.75) is 0 Å². The summed E-state index contributed by atoms with van der Waals surface area (Å²) in [4.78, 5) is 2.33. The van der Waals surface area contributed by atoms with Crippen molar-refractivity contribution in [1.29, 1.82) is 0 Å².